The molecule has 0 radical (unpaired) electrons. The van der Waals surface area contributed by atoms with E-state index < -0.39 is 0 Å². The molecule has 2 fully saturated rings. The standard InChI is InChI=1S/C20H39N5O2/c1-17-8-12-25(13-9-17)11-6-10-21-20(23-16-19(26)24(2)3)22-15-18-7-4-5-14-27-18/h17-18H,4-16H2,1-3H3,(H2,21,22,23). The van der Waals surface area contributed by atoms with Crippen LogP contribution in [0.2, 0.25) is 0 Å². The third-order valence-electron chi connectivity index (χ3n) is 5.46. The topological polar surface area (TPSA) is 69.2 Å². The lowest BCUT2D eigenvalue weighted by atomic mass is 9.99. The van der Waals surface area contributed by atoms with Crippen LogP contribution in [0.25, 0.3) is 0 Å². The molecule has 0 aromatic carbocycles. The molecule has 0 aromatic rings. The van der Waals surface area contributed by atoms with E-state index in [0.29, 0.717) is 5.96 Å². The van der Waals surface area contributed by atoms with Crippen LogP contribution < -0.4 is 10.6 Å². The highest BCUT2D eigenvalue weighted by atomic mass is 16.5. The van der Waals surface area contributed by atoms with Gasteiger partial charge in [-0.2, -0.15) is 0 Å². The minimum absolute atomic E-state index is 0.00690. The highest BCUT2D eigenvalue weighted by Gasteiger charge is 2.16. The summed E-state index contributed by atoms with van der Waals surface area (Å²) in [6.07, 6.45) is 7.42. The highest BCUT2D eigenvalue weighted by molar-refractivity contribution is 5.84. The van der Waals surface area contributed by atoms with Gasteiger partial charge in [0.05, 0.1) is 6.10 Å². The number of nitrogens with zero attached hydrogens (tertiary/aromatic N) is 3. The Balaban J connectivity index is 1.72. The first-order valence-electron chi connectivity index (χ1n) is 10.6. The van der Waals surface area contributed by atoms with Crippen molar-refractivity contribution in [1.82, 2.24) is 20.4 Å². The minimum Gasteiger partial charge on any atom is -0.376 e. The van der Waals surface area contributed by atoms with Crippen molar-refractivity contribution < 1.29 is 9.53 Å². The summed E-state index contributed by atoms with van der Waals surface area (Å²) < 4.78 is 5.78. The van der Waals surface area contributed by atoms with Crippen molar-refractivity contribution in [3.63, 3.8) is 0 Å². The molecule has 2 aliphatic rings. The van der Waals surface area contributed by atoms with Crippen molar-refractivity contribution in [2.24, 2.45) is 10.9 Å². The Morgan fingerprint density at radius 1 is 1.19 bits per heavy atom. The predicted octanol–water partition coefficient (Wildman–Crippen LogP) is 1.30. The van der Waals surface area contributed by atoms with Crippen LogP contribution in [0, 0.1) is 5.92 Å². The van der Waals surface area contributed by atoms with Crippen LogP contribution in [0.15, 0.2) is 4.99 Å². The number of carbonyl (C=O) groups excluding carboxylic acids is 1. The van der Waals surface area contributed by atoms with Crippen molar-refractivity contribution >= 4 is 11.9 Å². The average molecular weight is 382 g/mol. The first-order valence-corrected chi connectivity index (χ1v) is 10.6. The van der Waals surface area contributed by atoms with E-state index >= 15 is 0 Å². The summed E-state index contributed by atoms with van der Waals surface area (Å²) in [7, 11) is 3.52. The first-order chi connectivity index (χ1) is 13.0. The fourth-order valence-corrected chi connectivity index (χ4v) is 3.44. The summed E-state index contributed by atoms with van der Waals surface area (Å²) in [6, 6.07) is 0. The number of rotatable bonds is 8. The quantitative estimate of drug-likeness (QED) is 0.377. The van der Waals surface area contributed by atoms with Gasteiger partial charge in [-0.05, 0) is 64.1 Å². The second-order valence-corrected chi connectivity index (χ2v) is 8.13. The van der Waals surface area contributed by atoms with Crippen LogP contribution in [-0.2, 0) is 9.53 Å². The number of hydrogen-bond donors (Lipinski definition) is 2. The summed E-state index contributed by atoms with van der Waals surface area (Å²) in [6.45, 7) is 8.52. The normalized spacial score (nSPS) is 22.5. The van der Waals surface area contributed by atoms with Gasteiger partial charge in [-0.1, -0.05) is 6.92 Å². The largest absolute Gasteiger partial charge is 0.376 e. The Morgan fingerprint density at radius 3 is 2.63 bits per heavy atom. The van der Waals surface area contributed by atoms with E-state index in [9.17, 15) is 4.79 Å². The molecule has 156 valence electrons. The maximum atomic E-state index is 11.8. The Morgan fingerprint density at radius 2 is 1.96 bits per heavy atom. The molecule has 1 amide bonds. The molecule has 0 saturated carbocycles. The zero-order valence-corrected chi connectivity index (χ0v) is 17.5. The van der Waals surface area contributed by atoms with Crippen LogP contribution in [0.4, 0.5) is 0 Å². The Hall–Kier alpha value is -1.34. The lowest BCUT2D eigenvalue weighted by molar-refractivity contribution is -0.127. The zero-order valence-electron chi connectivity index (χ0n) is 17.5. The van der Waals surface area contributed by atoms with Gasteiger partial charge in [0.25, 0.3) is 0 Å². The molecule has 0 bridgehead atoms. The smallest absolute Gasteiger partial charge is 0.243 e. The average Bonchev–Trinajstić information content (AvgIpc) is 2.68. The van der Waals surface area contributed by atoms with Crippen LogP contribution in [0.5, 0.6) is 0 Å². The first kappa shape index (κ1) is 22.0. The van der Waals surface area contributed by atoms with E-state index in [-0.39, 0.29) is 18.6 Å². The van der Waals surface area contributed by atoms with Gasteiger partial charge >= 0.3 is 0 Å². The second kappa shape index (κ2) is 12.2. The molecule has 1 unspecified atom stereocenters. The van der Waals surface area contributed by atoms with Gasteiger partial charge in [0, 0.05) is 33.8 Å². The molecule has 2 heterocycles. The predicted molar refractivity (Wildman–Crippen MR) is 110 cm³/mol. The molecule has 1 atom stereocenters. The van der Waals surface area contributed by atoms with Crippen LogP contribution in [0.1, 0.15) is 45.4 Å². The molecule has 2 N–H and O–H groups in total. The number of amides is 1. The van der Waals surface area contributed by atoms with E-state index in [2.05, 4.69) is 27.4 Å². The van der Waals surface area contributed by atoms with Gasteiger partial charge in [-0.25, -0.2) is 4.99 Å². The maximum absolute atomic E-state index is 11.8. The molecule has 0 aromatic heterocycles. The minimum atomic E-state index is 0.00690. The van der Waals surface area contributed by atoms with Crippen molar-refractivity contribution in [2.75, 3.05) is 60.0 Å². The fourth-order valence-electron chi connectivity index (χ4n) is 3.44. The van der Waals surface area contributed by atoms with Gasteiger partial charge < -0.3 is 25.2 Å². The summed E-state index contributed by atoms with van der Waals surface area (Å²) in [5.74, 6) is 1.60. The van der Waals surface area contributed by atoms with Gasteiger partial charge in [-0.15, -0.1) is 0 Å². The van der Waals surface area contributed by atoms with Gasteiger partial charge in [0.2, 0.25) is 5.91 Å². The number of nitrogens with one attached hydrogen (secondary N) is 2. The monoisotopic (exact) mass is 381 g/mol. The highest BCUT2D eigenvalue weighted by Crippen LogP contribution is 2.15. The number of aliphatic imine (C=N–C) groups is 1. The van der Waals surface area contributed by atoms with Crippen molar-refractivity contribution in [1.29, 1.82) is 0 Å². The van der Waals surface area contributed by atoms with E-state index in [1.165, 1.54) is 32.4 Å². The SMILES string of the molecule is CC1CCN(CCCNC(=NCC(=O)N(C)C)NCC2CCCCO2)CC1. The molecule has 7 nitrogen and oxygen atoms in total. The third-order valence-corrected chi connectivity index (χ3v) is 5.46. The van der Waals surface area contributed by atoms with Gasteiger partial charge in [0.1, 0.15) is 6.54 Å². The summed E-state index contributed by atoms with van der Waals surface area (Å²) in [4.78, 5) is 20.4. The molecule has 0 aliphatic carbocycles. The fraction of sp³-hybridized carbons (Fsp3) is 0.900. The van der Waals surface area contributed by atoms with Crippen LogP contribution in [0.3, 0.4) is 0 Å². The van der Waals surface area contributed by atoms with E-state index in [1.54, 1.807) is 19.0 Å². The van der Waals surface area contributed by atoms with E-state index in [0.717, 1.165) is 51.4 Å². The van der Waals surface area contributed by atoms with Crippen molar-refractivity contribution in [2.45, 2.75) is 51.6 Å². The second-order valence-electron chi connectivity index (χ2n) is 8.13. The maximum Gasteiger partial charge on any atom is 0.243 e. The van der Waals surface area contributed by atoms with Crippen LogP contribution in [-0.4, -0.2) is 87.7 Å². The molecule has 2 rings (SSSR count). The molecule has 7 heteroatoms. The molecule has 2 saturated heterocycles. The Kier molecular flexibility index (Phi) is 9.91. The Bertz CT molecular complexity index is 455. The van der Waals surface area contributed by atoms with Crippen LogP contribution >= 0.6 is 0 Å². The lowest BCUT2D eigenvalue weighted by Gasteiger charge is -2.30. The molecular formula is C20H39N5O2. The number of piperidine rings is 1. The van der Waals surface area contributed by atoms with E-state index in [1.807, 2.05) is 0 Å². The summed E-state index contributed by atoms with van der Waals surface area (Å²) >= 11 is 0. The molecular weight excluding hydrogens is 342 g/mol. The number of likely N-dealkylation sites (tertiary alicyclic amines) is 1. The number of guanidine groups is 1. The lowest BCUT2D eigenvalue weighted by Crippen LogP contribution is -2.44. The molecule has 27 heavy (non-hydrogen) atoms. The van der Waals surface area contributed by atoms with Gasteiger partial charge in [0.15, 0.2) is 5.96 Å². The Labute approximate surface area is 164 Å². The zero-order chi connectivity index (χ0) is 19.5. The van der Waals surface area contributed by atoms with E-state index in [4.69, 9.17) is 4.74 Å². The molecule has 0 spiro atoms. The van der Waals surface area contributed by atoms with Crippen molar-refractivity contribution in [3.05, 3.63) is 0 Å². The van der Waals surface area contributed by atoms with Gasteiger partial charge in [-0.3, -0.25) is 4.79 Å². The third kappa shape index (κ3) is 8.93. The number of carbonyl (C=O) groups is 1. The number of likely N-dealkylation sites (N-methyl/N-ethyl adjacent to an activating group) is 1. The molecule has 2 aliphatic heterocycles. The van der Waals surface area contributed by atoms with Crippen molar-refractivity contribution in [3.8, 4) is 0 Å². The summed E-state index contributed by atoms with van der Waals surface area (Å²) in [5, 5.41) is 6.75. The summed E-state index contributed by atoms with van der Waals surface area (Å²) in [5.41, 5.74) is 0. The number of ether oxygens (including phenoxy) is 1. The number of hydrogen-bond acceptors (Lipinski definition) is 4.